The van der Waals surface area contributed by atoms with Gasteiger partial charge in [0.1, 0.15) is 5.75 Å². The highest BCUT2D eigenvalue weighted by Gasteiger charge is 2.20. The summed E-state index contributed by atoms with van der Waals surface area (Å²) in [4.78, 5) is 22.4. The number of carbonyl (C=O) groups is 2. The van der Waals surface area contributed by atoms with Crippen LogP contribution in [-0.2, 0) is 0 Å². The monoisotopic (exact) mass is 248 g/mol. The summed E-state index contributed by atoms with van der Waals surface area (Å²) in [5.74, 6) is -0.713. The second-order valence-electron chi connectivity index (χ2n) is 4.60. The summed E-state index contributed by atoms with van der Waals surface area (Å²) in [6.45, 7) is 1.42. The second-order valence-corrected chi connectivity index (χ2v) is 4.60. The van der Waals surface area contributed by atoms with E-state index < -0.39 is 5.97 Å². The van der Waals surface area contributed by atoms with Gasteiger partial charge in [-0.15, -0.1) is 0 Å². The van der Waals surface area contributed by atoms with Gasteiger partial charge < -0.3 is 9.84 Å². The summed E-state index contributed by atoms with van der Waals surface area (Å²) in [6, 6.07) is 4.44. The molecule has 0 heterocycles. The Morgan fingerprint density at radius 2 is 1.94 bits per heavy atom. The topological polar surface area (TPSA) is 63.6 Å². The first kappa shape index (κ1) is 12.6. The van der Waals surface area contributed by atoms with Crippen molar-refractivity contribution in [1.29, 1.82) is 0 Å². The molecule has 0 radical (unpaired) electrons. The SMILES string of the molecule is CC(=O)c1cc(C(=O)O)ccc1OC1CCCC1. The molecule has 96 valence electrons. The van der Waals surface area contributed by atoms with Gasteiger partial charge in [0.05, 0.1) is 17.2 Å². The highest BCUT2D eigenvalue weighted by Crippen LogP contribution is 2.27. The van der Waals surface area contributed by atoms with E-state index >= 15 is 0 Å². The van der Waals surface area contributed by atoms with E-state index in [2.05, 4.69) is 0 Å². The first-order valence-electron chi connectivity index (χ1n) is 6.13. The number of ketones is 1. The van der Waals surface area contributed by atoms with Crippen molar-refractivity contribution >= 4 is 11.8 Å². The Hall–Kier alpha value is -1.84. The quantitative estimate of drug-likeness (QED) is 0.832. The molecule has 1 N–H and O–H groups in total. The number of carboxylic acid groups (broad SMARTS) is 1. The first-order chi connectivity index (χ1) is 8.58. The molecule has 1 aromatic carbocycles. The van der Waals surface area contributed by atoms with Crippen LogP contribution in [0.1, 0.15) is 53.3 Å². The zero-order valence-corrected chi connectivity index (χ0v) is 10.3. The molecular weight excluding hydrogens is 232 g/mol. The normalized spacial score (nSPS) is 15.6. The fourth-order valence-corrected chi connectivity index (χ4v) is 2.23. The van der Waals surface area contributed by atoms with Crippen molar-refractivity contribution in [3.05, 3.63) is 29.3 Å². The summed E-state index contributed by atoms with van der Waals surface area (Å²) in [5.41, 5.74) is 0.459. The Kier molecular flexibility index (Phi) is 3.65. The summed E-state index contributed by atoms with van der Waals surface area (Å²) in [6.07, 6.45) is 4.44. The van der Waals surface area contributed by atoms with Crippen molar-refractivity contribution in [2.45, 2.75) is 38.7 Å². The zero-order valence-electron chi connectivity index (χ0n) is 10.3. The summed E-state index contributed by atoms with van der Waals surface area (Å²) < 4.78 is 5.79. The van der Waals surface area contributed by atoms with Crippen molar-refractivity contribution in [2.24, 2.45) is 0 Å². The molecule has 2 rings (SSSR count). The average Bonchev–Trinajstić information content (AvgIpc) is 2.81. The fraction of sp³-hybridized carbons (Fsp3) is 0.429. The Labute approximate surface area is 106 Å². The van der Waals surface area contributed by atoms with E-state index in [1.807, 2.05) is 0 Å². The van der Waals surface area contributed by atoms with Gasteiger partial charge in [-0.2, -0.15) is 0 Å². The zero-order chi connectivity index (χ0) is 13.1. The van der Waals surface area contributed by atoms with Crippen molar-refractivity contribution in [3.63, 3.8) is 0 Å². The molecule has 0 aromatic heterocycles. The maximum atomic E-state index is 11.5. The molecule has 4 nitrogen and oxygen atoms in total. The van der Waals surface area contributed by atoms with Crippen molar-refractivity contribution in [3.8, 4) is 5.75 Å². The third kappa shape index (κ3) is 2.70. The molecule has 0 bridgehead atoms. The van der Waals surface area contributed by atoms with Gasteiger partial charge >= 0.3 is 5.97 Å². The molecule has 1 aliphatic carbocycles. The van der Waals surface area contributed by atoms with Crippen molar-refractivity contribution in [1.82, 2.24) is 0 Å². The van der Waals surface area contributed by atoms with Crippen LogP contribution < -0.4 is 4.74 Å². The van der Waals surface area contributed by atoms with Crippen LogP contribution in [0.4, 0.5) is 0 Å². The fourth-order valence-electron chi connectivity index (χ4n) is 2.23. The van der Waals surface area contributed by atoms with Crippen LogP contribution in [0.15, 0.2) is 18.2 Å². The summed E-state index contributed by atoms with van der Waals surface area (Å²) >= 11 is 0. The molecule has 1 saturated carbocycles. The number of rotatable bonds is 4. The second kappa shape index (κ2) is 5.21. The van der Waals surface area contributed by atoms with E-state index in [4.69, 9.17) is 9.84 Å². The molecule has 0 atom stereocenters. The lowest BCUT2D eigenvalue weighted by Gasteiger charge is -2.15. The Morgan fingerprint density at radius 3 is 2.50 bits per heavy atom. The molecule has 0 spiro atoms. The lowest BCUT2D eigenvalue weighted by Crippen LogP contribution is -2.13. The van der Waals surface area contributed by atoms with E-state index in [1.54, 1.807) is 6.07 Å². The van der Waals surface area contributed by atoms with Crippen LogP contribution in [0.25, 0.3) is 0 Å². The van der Waals surface area contributed by atoms with Crippen molar-refractivity contribution < 1.29 is 19.4 Å². The highest BCUT2D eigenvalue weighted by atomic mass is 16.5. The molecule has 18 heavy (non-hydrogen) atoms. The molecule has 0 aliphatic heterocycles. The van der Waals surface area contributed by atoms with Gasteiger partial charge in [-0.05, 0) is 50.8 Å². The third-order valence-corrected chi connectivity index (χ3v) is 3.20. The number of benzene rings is 1. The predicted octanol–water partition coefficient (Wildman–Crippen LogP) is 2.91. The van der Waals surface area contributed by atoms with Crippen LogP contribution in [0.3, 0.4) is 0 Å². The smallest absolute Gasteiger partial charge is 0.335 e. The number of carbonyl (C=O) groups excluding carboxylic acids is 1. The minimum absolute atomic E-state index is 0.110. The molecule has 1 fully saturated rings. The van der Waals surface area contributed by atoms with Crippen LogP contribution in [0, 0.1) is 0 Å². The minimum Gasteiger partial charge on any atom is -0.490 e. The van der Waals surface area contributed by atoms with Gasteiger partial charge in [-0.1, -0.05) is 0 Å². The molecule has 0 amide bonds. The van der Waals surface area contributed by atoms with Gasteiger partial charge in [-0.3, -0.25) is 4.79 Å². The molecule has 4 heteroatoms. The van der Waals surface area contributed by atoms with E-state index in [1.165, 1.54) is 19.1 Å². The molecule has 1 aromatic rings. The first-order valence-corrected chi connectivity index (χ1v) is 6.13. The van der Waals surface area contributed by atoms with Crippen LogP contribution in [0.2, 0.25) is 0 Å². The number of aromatic carboxylic acids is 1. The Balaban J connectivity index is 2.28. The van der Waals surface area contributed by atoms with Gasteiger partial charge in [0.2, 0.25) is 0 Å². The van der Waals surface area contributed by atoms with E-state index in [-0.39, 0.29) is 17.5 Å². The third-order valence-electron chi connectivity index (χ3n) is 3.20. The number of carboxylic acids is 1. The van der Waals surface area contributed by atoms with Gasteiger partial charge in [0.15, 0.2) is 5.78 Å². The summed E-state index contributed by atoms with van der Waals surface area (Å²) in [7, 11) is 0. The van der Waals surface area contributed by atoms with Crippen LogP contribution >= 0.6 is 0 Å². The molecule has 1 aliphatic rings. The Bertz CT molecular complexity index is 473. The van der Waals surface area contributed by atoms with Gasteiger partial charge in [0, 0.05) is 0 Å². The standard InChI is InChI=1S/C14H16O4/c1-9(15)12-8-10(14(16)17)6-7-13(12)18-11-4-2-3-5-11/h6-8,11H,2-5H2,1H3,(H,16,17). The maximum Gasteiger partial charge on any atom is 0.335 e. The molecule has 0 unspecified atom stereocenters. The minimum atomic E-state index is -1.04. The van der Waals surface area contributed by atoms with Crippen molar-refractivity contribution in [2.75, 3.05) is 0 Å². The molecule has 0 saturated heterocycles. The number of hydrogen-bond acceptors (Lipinski definition) is 3. The number of ether oxygens (including phenoxy) is 1. The predicted molar refractivity (Wildman–Crippen MR) is 66.3 cm³/mol. The van der Waals surface area contributed by atoms with Crippen LogP contribution in [-0.4, -0.2) is 23.0 Å². The lowest BCUT2D eigenvalue weighted by atomic mass is 10.1. The van der Waals surface area contributed by atoms with E-state index in [0.29, 0.717) is 11.3 Å². The average molecular weight is 248 g/mol. The number of hydrogen-bond donors (Lipinski definition) is 1. The largest absolute Gasteiger partial charge is 0.490 e. The lowest BCUT2D eigenvalue weighted by molar-refractivity contribution is 0.0697. The van der Waals surface area contributed by atoms with E-state index in [9.17, 15) is 9.59 Å². The van der Waals surface area contributed by atoms with Gasteiger partial charge in [-0.25, -0.2) is 4.79 Å². The molecular formula is C14H16O4. The Morgan fingerprint density at radius 1 is 1.28 bits per heavy atom. The number of Topliss-reactive ketones (excluding diaryl/α,β-unsaturated/α-hetero) is 1. The maximum absolute atomic E-state index is 11.5. The van der Waals surface area contributed by atoms with Crippen LogP contribution in [0.5, 0.6) is 5.75 Å². The van der Waals surface area contributed by atoms with E-state index in [0.717, 1.165) is 25.7 Å². The summed E-state index contributed by atoms with van der Waals surface area (Å²) in [5, 5.41) is 8.91. The van der Waals surface area contributed by atoms with Gasteiger partial charge in [0.25, 0.3) is 0 Å². The highest BCUT2D eigenvalue weighted by molar-refractivity contribution is 5.99.